The molecular weight excluding hydrogens is 260 g/mol. The number of halogens is 2. The Labute approximate surface area is 117 Å². The van der Waals surface area contributed by atoms with Gasteiger partial charge < -0.3 is 10.5 Å². The molecule has 1 unspecified atom stereocenters. The van der Waals surface area contributed by atoms with Gasteiger partial charge in [0.15, 0.2) is 11.6 Å². The van der Waals surface area contributed by atoms with Gasteiger partial charge in [0, 0.05) is 6.04 Å². The molecular formula is C16H17F2NO. The molecule has 0 aliphatic carbocycles. The van der Waals surface area contributed by atoms with E-state index in [0.717, 1.165) is 6.42 Å². The van der Waals surface area contributed by atoms with Gasteiger partial charge in [0.05, 0.1) is 0 Å². The molecule has 0 amide bonds. The standard InChI is InChI=1S/C16H17F2NO/c1-2-13(19)10-11-9-12(17)7-8-15(11)20-16-6-4-3-5-14(16)18/h3-9,13H,2,10,19H2,1H3. The van der Waals surface area contributed by atoms with Crippen LogP contribution in [0.3, 0.4) is 0 Å². The van der Waals surface area contributed by atoms with Crippen LogP contribution in [0.5, 0.6) is 11.5 Å². The third kappa shape index (κ3) is 3.54. The molecule has 2 nitrogen and oxygen atoms in total. The Morgan fingerprint density at radius 3 is 2.55 bits per heavy atom. The largest absolute Gasteiger partial charge is 0.454 e. The molecule has 0 radical (unpaired) electrons. The van der Waals surface area contributed by atoms with Crippen molar-refractivity contribution in [3.8, 4) is 11.5 Å². The highest BCUT2D eigenvalue weighted by atomic mass is 19.1. The van der Waals surface area contributed by atoms with Crippen molar-refractivity contribution in [1.29, 1.82) is 0 Å². The van der Waals surface area contributed by atoms with Crippen LogP contribution in [-0.4, -0.2) is 6.04 Å². The van der Waals surface area contributed by atoms with E-state index >= 15 is 0 Å². The maximum atomic E-state index is 13.6. The number of hydrogen-bond donors (Lipinski definition) is 1. The van der Waals surface area contributed by atoms with Gasteiger partial charge >= 0.3 is 0 Å². The summed E-state index contributed by atoms with van der Waals surface area (Å²) >= 11 is 0. The first-order valence-electron chi connectivity index (χ1n) is 6.56. The van der Waals surface area contributed by atoms with Crippen molar-refractivity contribution in [2.24, 2.45) is 5.73 Å². The number of para-hydroxylation sites is 1. The smallest absolute Gasteiger partial charge is 0.165 e. The summed E-state index contributed by atoms with van der Waals surface area (Å²) in [6.45, 7) is 1.96. The van der Waals surface area contributed by atoms with E-state index in [-0.39, 0.29) is 17.6 Å². The zero-order valence-corrected chi connectivity index (χ0v) is 11.3. The second kappa shape index (κ2) is 6.48. The first-order valence-corrected chi connectivity index (χ1v) is 6.56. The van der Waals surface area contributed by atoms with Crippen LogP contribution in [0.15, 0.2) is 42.5 Å². The van der Waals surface area contributed by atoms with Crippen molar-refractivity contribution in [1.82, 2.24) is 0 Å². The predicted octanol–water partition coefficient (Wildman–Crippen LogP) is 4.04. The number of hydrogen-bond acceptors (Lipinski definition) is 2. The minimum Gasteiger partial charge on any atom is -0.454 e. The first kappa shape index (κ1) is 14.5. The normalized spacial score (nSPS) is 12.2. The molecule has 0 aromatic heterocycles. The predicted molar refractivity (Wildman–Crippen MR) is 74.8 cm³/mol. The summed E-state index contributed by atoms with van der Waals surface area (Å²) < 4.78 is 32.5. The second-order valence-corrected chi connectivity index (χ2v) is 4.66. The zero-order valence-electron chi connectivity index (χ0n) is 11.3. The molecule has 1 atom stereocenters. The molecule has 2 aromatic rings. The van der Waals surface area contributed by atoms with Crippen LogP contribution in [-0.2, 0) is 6.42 Å². The molecule has 2 N–H and O–H groups in total. The lowest BCUT2D eigenvalue weighted by Gasteiger charge is -2.14. The van der Waals surface area contributed by atoms with Crippen molar-refractivity contribution in [2.45, 2.75) is 25.8 Å². The maximum absolute atomic E-state index is 13.6. The quantitative estimate of drug-likeness (QED) is 0.895. The minimum atomic E-state index is -0.456. The van der Waals surface area contributed by atoms with Gasteiger partial charge in [-0.15, -0.1) is 0 Å². The van der Waals surface area contributed by atoms with E-state index in [2.05, 4.69) is 0 Å². The highest BCUT2D eigenvalue weighted by Crippen LogP contribution is 2.28. The van der Waals surface area contributed by atoms with Gasteiger partial charge in [0.25, 0.3) is 0 Å². The Balaban J connectivity index is 2.29. The van der Waals surface area contributed by atoms with E-state index in [9.17, 15) is 8.78 Å². The summed E-state index contributed by atoms with van der Waals surface area (Å²) in [5.74, 6) is -0.266. The Morgan fingerprint density at radius 2 is 1.85 bits per heavy atom. The number of nitrogens with two attached hydrogens (primary N) is 1. The lowest BCUT2D eigenvalue weighted by atomic mass is 10.0. The summed E-state index contributed by atoms with van der Waals surface area (Å²) in [5.41, 5.74) is 6.54. The van der Waals surface area contributed by atoms with E-state index < -0.39 is 5.82 Å². The molecule has 20 heavy (non-hydrogen) atoms. The fraction of sp³-hybridized carbons (Fsp3) is 0.250. The second-order valence-electron chi connectivity index (χ2n) is 4.66. The molecule has 0 aliphatic heterocycles. The highest BCUT2D eigenvalue weighted by Gasteiger charge is 2.12. The third-order valence-corrected chi connectivity index (χ3v) is 3.09. The number of benzene rings is 2. The monoisotopic (exact) mass is 277 g/mol. The van der Waals surface area contributed by atoms with Gasteiger partial charge in [-0.3, -0.25) is 0 Å². The zero-order chi connectivity index (χ0) is 14.5. The summed E-state index contributed by atoms with van der Waals surface area (Å²) in [6, 6.07) is 10.2. The van der Waals surface area contributed by atoms with Gasteiger partial charge in [-0.25, -0.2) is 8.78 Å². The van der Waals surface area contributed by atoms with Crippen molar-refractivity contribution < 1.29 is 13.5 Å². The van der Waals surface area contributed by atoms with E-state index in [1.807, 2.05) is 6.92 Å². The van der Waals surface area contributed by atoms with Crippen LogP contribution in [0.25, 0.3) is 0 Å². The SMILES string of the molecule is CCC(N)Cc1cc(F)ccc1Oc1ccccc1F. The van der Waals surface area contributed by atoms with Crippen LogP contribution in [0.2, 0.25) is 0 Å². The lowest BCUT2D eigenvalue weighted by Crippen LogP contribution is -2.21. The van der Waals surface area contributed by atoms with Gasteiger partial charge in [-0.05, 0) is 48.7 Å². The fourth-order valence-corrected chi connectivity index (χ4v) is 1.88. The molecule has 2 aromatic carbocycles. The summed E-state index contributed by atoms with van der Waals surface area (Å²) in [5, 5.41) is 0. The Kier molecular flexibility index (Phi) is 4.69. The molecule has 4 heteroatoms. The Morgan fingerprint density at radius 1 is 1.10 bits per heavy atom. The van der Waals surface area contributed by atoms with Gasteiger partial charge in [0.1, 0.15) is 11.6 Å². The highest BCUT2D eigenvalue weighted by molar-refractivity contribution is 5.39. The van der Waals surface area contributed by atoms with E-state index in [4.69, 9.17) is 10.5 Å². The summed E-state index contributed by atoms with van der Waals surface area (Å²) in [6.07, 6.45) is 1.26. The van der Waals surface area contributed by atoms with Crippen LogP contribution in [0.4, 0.5) is 8.78 Å². The molecule has 0 saturated heterocycles. The first-order chi connectivity index (χ1) is 9.60. The van der Waals surface area contributed by atoms with E-state index in [1.54, 1.807) is 12.1 Å². The van der Waals surface area contributed by atoms with Crippen molar-refractivity contribution >= 4 is 0 Å². The van der Waals surface area contributed by atoms with Crippen LogP contribution < -0.4 is 10.5 Å². The molecule has 0 saturated carbocycles. The van der Waals surface area contributed by atoms with Crippen molar-refractivity contribution in [2.75, 3.05) is 0 Å². The molecule has 0 heterocycles. The fourth-order valence-electron chi connectivity index (χ4n) is 1.88. The van der Waals surface area contributed by atoms with Crippen LogP contribution >= 0.6 is 0 Å². The number of ether oxygens (including phenoxy) is 1. The molecule has 0 bridgehead atoms. The topological polar surface area (TPSA) is 35.2 Å². The summed E-state index contributed by atoms with van der Waals surface area (Å²) in [7, 11) is 0. The van der Waals surface area contributed by atoms with Crippen molar-refractivity contribution in [3.63, 3.8) is 0 Å². The van der Waals surface area contributed by atoms with E-state index in [1.165, 1.54) is 30.3 Å². The van der Waals surface area contributed by atoms with Crippen LogP contribution in [0.1, 0.15) is 18.9 Å². The minimum absolute atomic E-state index is 0.0835. The van der Waals surface area contributed by atoms with Crippen LogP contribution in [0, 0.1) is 11.6 Å². The maximum Gasteiger partial charge on any atom is 0.165 e. The lowest BCUT2D eigenvalue weighted by molar-refractivity contribution is 0.434. The third-order valence-electron chi connectivity index (χ3n) is 3.09. The average Bonchev–Trinajstić information content (AvgIpc) is 2.44. The summed E-state index contributed by atoms with van der Waals surface area (Å²) in [4.78, 5) is 0. The Bertz CT molecular complexity index is 586. The van der Waals surface area contributed by atoms with Crippen molar-refractivity contribution in [3.05, 3.63) is 59.7 Å². The Hall–Kier alpha value is -1.94. The van der Waals surface area contributed by atoms with Gasteiger partial charge in [0.2, 0.25) is 0 Å². The average molecular weight is 277 g/mol. The van der Waals surface area contributed by atoms with E-state index in [0.29, 0.717) is 17.7 Å². The molecule has 2 rings (SSSR count). The molecule has 0 fully saturated rings. The van der Waals surface area contributed by atoms with Gasteiger partial charge in [-0.2, -0.15) is 0 Å². The molecule has 106 valence electrons. The molecule has 0 spiro atoms. The number of rotatable bonds is 5. The van der Waals surface area contributed by atoms with Gasteiger partial charge in [-0.1, -0.05) is 19.1 Å². The molecule has 0 aliphatic rings.